The third kappa shape index (κ3) is 5.47. The van der Waals surface area contributed by atoms with Crippen molar-refractivity contribution in [3.63, 3.8) is 0 Å². The molecule has 0 aliphatic carbocycles. The SMILES string of the molecule is COC(=O)C#CC(C)(O)C(=O)N(Cc1ccccc1)Cc1ccccc1. The molecule has 0 aliphatic heterocycles. The molecule has 134 valence electrons. The monoisotopic (exact) mass is 351 g/mol. The largest absolute Gasteiger partial charge is 0.459 e. The molecule has 0 heterocycles. The topological polar surface area (TPSA) is 66.8 Å². The fraction of sp³-hybridized carbons (Fsp3) is 0.238. The molecular formula is C21H21NO4. The third-order valence-electron chi connectivity index (χ3n) is 3.73. The van der Waals surface area contributed by atoms with Gasteiger partial charge in [0.25, 0.3) is 5.91 Å². The maximum Gasteiger partial charge on any atom is 0.384 e. The summed E-state index contributed by atoms with van der Waals surface area (Å²) >= 11 is 0. The minimum atomic E-state index is -2.00. The first-order chi connectivity index (χ1) is 12.4. The van der Waals surface area contributed by atoms with Gasteiger partial charge in [-0.15, -0.1) is 0 Å². The Morgan fingerprint density at radius 2 is 1.46 bits per heavy atom. The maximum atomic E-state index is 12.9. The number of carbonyl (C=O) groups excluding carboxylic acids is 2. The highest BCUT2D eigenvalue weighted by Crippen LogP contribution is 2.16. The summed E-state index contributed by atoms with van der Waals surface area (Å²) < 4.78 is 4.43. The van der Waals surface area contributed by atoms with Crippen LogP contribution in [0.15, 0.2) is 60.7 Å². The Labute approximate surface area is 153 Å². The normalized spacial score (nSPS) is 12.3. The molecule has 26 heavy (non-hydrogen) atoms. The van der Waals surface area contributed by atoms with Gasteiger partial charge in [-0.05, 0) is 24.0 Å². The van der Waals surface area contributed by atoms with E-state index >= 15 is 0 Å². The smallest absolute Gasteiger partial charge is 0.384 e. The first-order valence-corrected chi connectivity index (χ1v) is 8.13. The van der Waals surface area contributed by atoms with Gasteiger partial charge in [0, 0.05) is 19.0 Å². The molecule has 0 radical (unpaired) electrons. The summed E-state index contributed by atoms with van der Waals surface area (Å²) in [6.07, 6.45) is 0. The van der Waals surface area contributed by atoms with Crippen LogP contribution < -0.4 is 0 Å². The Morgan fingerprint density at radius 3 is 1.88 bits per heavy atom. The van der Waals surface area contributed by atoms with Gasteiger partial charge in [0.15, 0.2) is 0 Å². The molecule has 0 saturated carbocycles. The van der Waals surface area contributed by atoms with E-state index in [0.717, 1.165) is 11.1 Å². The first kappa shape index (κ1) is 19.2. The summed E-state index contributed by atoms with van der Waals surface area (Å²) in [5.41, 5.74) is -0.153. The van der Waals surface area contributed by atoms with Crippen LogP contribution in [0.2, 0.25) is 0 Å². The fourth-order valence-corrected chi connectivity index (χ4v) is 2.39. The molecule has 5 nitrogen and oxygen atoms in total. The molecule has 2 rings (SSSR count). The molecule has 1 atom stereocenters. The van der Waals surface area contributed by atoms with E-state index in [-0.39, 0.29) is 0 Å². The highest BCUT2D eigenvalue weighted by Gasteiger charge is 2.33. The Hall–Kier alpha value is -3.10. The number of methoxy groups -OCH3 is 1. The molecule has 0 saturated heterocycles. The summed E-state index contributed by atoms with van der Waals surface area (Å²) in [5, 5.41) is 10.5. The first-order valence-electron chi connectivity index (χ1n) is 8.13. The van der Waals surface area contributed by atoms with Gasteiger partial charge in [-0.1, -0.05) is 60.7 Å². The Balaban J connectivity index is 2.27. The zero-order valence-electron chi connectivity index (χ0n) is 14.8. The van der Waals surface area contributed by atoms with E-state index in [9.17, 15) is 14.7 Å². The zero-order chi connectivity index (χ0) is 19.0. The average Bonchev–Trinajstić information content (AvgIpc) is 2.66. The van der Waals surface area contributed by atoms with E-state index in [1.165, 1.54) is 18.9 Å². The second-order valence-electron chi connectivity index (χ2n) is 5.95. The molecule has 1 amide bonds. The number of nitrogens with zero attached hydrogens (tertiary/aromatic N) is 1. The zero-order valence-corrected chi connectivity index (χ0v) is 14.8. The Bertz CT molecular complexity index is 763. The predicted molar refractivity (Wildman–Crippen MR) is 97.6 cm³/mol. The third-order valence-corrected chi connectivity index (χ3v) is 3.73. The number of benzene rings is 2. The number of amides is 1. The molecule has 5 heteroatoms. The minimum Gasteiger partial charge on any atom is -0.459 e. The Kier molecular flexibility index (Phi) is 6.54. The van der Waals surface area contributed by atoms with Gasteiger partial charge in [-0.3, -0.25) is 4.79 Å². The molecule has 2 aromatic rings. The van der Waals surface area contributed by atoms with Crippen molar-refractivity contribution in [1.29, 1.82) is 0 Å². The lowest BCUT2D eigenvalue weighted by Gasteiger charge is -2.28. The van der Waals surface area contributed by atoms with E-state index in [2.05, 4.69) is 16.6 Å². The van der Waals surface area contributed by atoms with Crippen molar-refractivity contribution in [2.24, 2.45) is 0 Å². The fourth-order valence-electron chi connectivity index (χ4n) is 2.39. The molecule has 0 bridgehead atoms. The summed E-state index contributed by atoms with van der Waals surface area (Å²) in [4.78, 5) is 25.6. The second kappa shape index (κ2) is 8.84. The summed E-state index contributed by atoms with van der Waals surface area (Å²) in [7, 11) is 1.19. The predicted octanol–water partition coefficient (Wildman–Crippen LogP) is 2.14. The Morgan fingerprint density at radius 1 is 1.00 bits per heavy atom. The standard InChI is InChI=1S/C21H21NO4/c1-21(25,14-13-19(23)26-2)20(24)22(15-17-9-5-3-6-10-17)16-18-11-7-4-8-12-18/h3-12,25H,15-16H2,1-2H3. The van der Waals surface area contributed by atoms with E-state index < -0.39 is 17.5 Å². The van der Waals surface area contributed by atoms with E-state index in [4.69, 9.17) is 0 Å². The molecule has 1 N–H and O–H groups in total. The molecule has 0 aliphatic rings. The van der Waals surface area contributed by atoms with Crippen LogP contribution >= 0.6 is 0 Å². The lowest BCUT2D eigenvalue weighted by Crippen LogP contribution is -2.45. The van der Waals surface area contributed by atoms with Gasteiger partial charge < -0.3 is 14.7 Å². The quantitative estimate of drug-likeness (QED) is 0.509. The molecule has 1 unspecified atom stereocenters. The van der Waals surface area contributed by atoms with E-state index in [1.54, 1.807) is 0 Å². The van der Waals surface area contributed by atoms with Crippen LogP contribution in [0, 0.1) is 11.8 Å². The summed E-state index contributed by atoms with van der Waals surface area (Å²) in [5.74, 6) is 3.04. The molecule has 0 fully saturated rings. The van der Waals surface area contributed by atoms with Crippen LogP contribution in [0.1, 0.15) is 18.1 Å². The van der Waals surface area contributed by atoms with Crippen LogP contribution in [-0.4, -0.2) is 34.6 Å². The number of ether oxygens (including phenoxy) is 1. The molecule has 2 aromatic carbocycles. The highest BCUT2D eigenvalue weighted by molar-refractivity contribution is 5.93. The van der Waals surface area contributed by atoms with Crippen molar-refractivity contribution in [3.8, 4) is 11.8 Å². The number of hydrogen-bond donors (Lipinski definition) is 1. The van der Waals surface area contributed by atoms with Crippen molar-refractivity contribution < 1.29 is 19.4 Å². The number of aliphatic hydroxyl groups is 1. The van der Waals surface area contributed by atoms with Gasteiger partial charge >= 0.3 is 5.97 Å². The van der Waals surface area contributed by atoms with Gasteiger partial charge in [0.2, 0.25) is 5.60 Å². The van der Waals surface area contributed by atoms with Crippen LogP contribution in [0.4, 0.5) is 0 Å². The number of esters is 1. The molecule has 0 aromatic heterocycles. The number of carbonyl (C=O) groups is 2. The van der Waals surface area contributed by atoms with Gasteiger partial charge in [0.1, 0.15) is 0 Å². The van der Waals surface area contributed by atoms with Crippen LogP contribution in [0.3, 0.4) is 0 Å². The maximum absolute atomic E-state index is 12.9. The lowest BCUT2D eigenvalue weighted by atomic mass is 10.0. The van der Waals surface area contributed by atoms with Gasteiger partial charge in [-0.2, -0.15) is 0 Å². The number of hydrogen-bond acceptors (Lipinski definition) is 4. The second-order valence-corrected chi connectivity index (χ2v) is 5.95. The van der Waals surface area contributed by atoms with Crippen LogP contribution in [0.5, 0.6) is 0 Å². The molecule has 0 spiro atoms. The van der Waals surface area contributed by atoms with Crippen molar-refractivity contribution in [1.82, 2.24) is 4.90 Å². The molecular weight excluding hydrogens is 330 g/mol. The van der Waals surface area contributed by atoms with Crippen LogP contribution in [0.25, 0.3) is 0 Å². The van der Waals surface area contributed by atoms with Gasteiger partial charge in [0.05, 0.1) is 7.11 Å². The van der Waals surface area contributed by atoms with Crippen molar-refractivity contribution in [2.45, 2.75) is 25.6 Å². The minimum absolute atomic E-state index is 0.310. The summed E-state index contributed by atoms with van der Waals surface area (Å²) in [6.45, 7) is 1.89. The lowest BCUT2D eigenvalue weighted by molar-refractivity contribution is -0.145. The number of rotatable bonds is 5. The van der Waals surface area contributed by atoms with Crippen molar-refractivity contribution in [3.05, 3.63) is 71.8 Å². The van der Waals surface area contributed by atoms with Gasteiger partial charge in [-0.25, -0.2) is 4.79 Å². The summed E-state index contributed by atoms with van der Waals surface area (Å²) in [6, 6.07) is 18.9. The van der Waals surface area contributed by atoms with Crippen molar-refractivity contribution >= 4 is 11.9 Å². The highest BCUT2D eigenvalue weighted by atomic mass is 16.5. The van der Waals surface area contributed by atoms with E-state index in [0.29, 0.717) is 13.1 Å². The van der Waals surface area contributed by atoms with Crippen molar-refractivity contribution in [2.75, 3.05) is 7.11 Å². The average molecular weight is 351 g/mol. The van der Waals surface area contributed by atoms with E-state index in [1.807, 2.05) is 60.7 Å². The van der Waals surface area contributed by atoms with Crippen LogP contribution in [-0.2, 0) is 27.4 Å².